The van der Waals surface area contributed by atoms with Gasteiger partial charge in [-0.05, 0) is 24.5 Å². The van der Waals surface area contributed by atoms with Gasteiger partial charge in [-0.15, -0.1) is 0 Å². The summed E-state index contributed by atoms with van der Waals surface area (Å²) in [4.78, 5) is 15.0. The summed E-state index contributed by atoms with van der Waals surface area (Å²) in [5.74, 6) is -0.972. The van der Waals surface area contributed by atoms with Crippen molar-refractivity contribution in [3.8, 4) is 0 Å². The van der Waals surface area contributed by atoms with Crippen LogP contribution in [0.2, 0.25) is 0 Å². The summed E-state index contributed by atoms with van der Waals surface area (Å²) in [5, 5.41) is 8.83. The number of hydrogen-bond donors (Lipinski definition) is 1. The number of rotatable bonds is 1. The molecule has 0 fully saturated rings. The second-order valence-corrected chi connectivity index (χ2v) is 3.56. The Hall–Kier alpha value is -1.38. The standard InChI is InChI=1S/C10H11NO2/c1-6-2-7-3-8(10(12)13)4-9(7)11-5-6/h2,5,8H,3-4H2,1H3,(H,12,13). The summed E-state index contributed by atoms with van der Waals surface area (Å²) in [5.41, 5.74) is 3.16. The Kier molecular flexibility index (Phi) is 1.79. The van der Waals surface area contributed by atoms with Crippen molar-refractivity contribution in [2.45, 2.75) is 19.8 Å². The van der Waals surface area contributed by atoms with Gasteiger partial charge in [0, 0.05) is 18.3 Å². The van der Waals surface area contributed by atoms with Crippen molar-refractivity contribution < 1.29 is 9.90 Å². The minimum Gasteiger partial charge on any atom is -0.481 e. The first-order valence-electron chi connectivity index (χ1n) is 4.34. The molecule has 1 atom stereocenters. The number of fused-ring (bicyclic) bond motifs is 1. The van der Waals surface area contributed by atoms with Crippen LogP contribution >= 0.6 is 0 Å². The average molecular weight is 177 g/mol. The van der Waals surface area contributed by atoms with Gasteiger partial charge in [0.1, 0.15) is 0 Å². The molecule has 0 saturated heterocycles. The van der Waals surface area contributed by atoms with Crippen molar-refractivity contribution in [3.63, 3.8) is 0 Å². The lowest BCUT2D eigenvalue weighted by Crippen LogP contribution is -2.13. The molecule has 3 nitrogen and oxygen atoms in total. The van der Waals surface area contributed by atoms with E-state index in [4.69, 9.17) is 5.11 Å². The number of pyridine rings is 1. The molecule has 0 bridgehead atoms. The summed E-state index contributed by atoms with van der Waals surface area (Å²) in [7, 11) is 0. The normalized spacial score (nSPS) is 19.9. The van der Waals surface area contributed by atoms with Crippen molar-refractivity contribution in [1.82, 2.24) is 4.98 Å². The van der Waals surface area contributed by atoms with Gasteiger partial charge in [-0.25, -0.2) is 0 Å². The Morgan fingerprint density at radius 1 is 1.62 bits per heavy atom. The molecule has 13 heavy (non-hydrogen) atoms. The smallest absolute Gasteiger partial charge is 0.307 e. The van der Waals surface area contributed by atoms with E-state index < -0.39 is 5.97 Å². The number of nitrogens with zero attached hydrogens (tertiary/aromatic N) is 1. The van der Waals surface area contributed by atoms with Crippen LogP contribution in [-0.2, 0) is 17.6 Å². The van der Waals surface area contributed by atoms with Crippen molar-refractivity contribution in [3.05, 3.63) is 29.1 Å². The third kappa shape index (κ3) is 1.41. The first-order valence-corrected chi connectivity index (χ1v) is 4.34. The Morgan fingerprint density at radius 2 is 2.38 bits per heavy atom. The second-order valence-electron chi connectivity index (χ2n) is 3.56. The quantitative estimate of drug-likeness (QED) is 0.701. The SMILES string of the molecule is Cc1cnc2c(c1)CC(C(=O)O)C2. The van der Waals surface area contributed by atoms with Crippen LogP contribution in [0.1, 0.15) is 16.8 Å². The van der Waals surface area contributed by atoms with Crippen LogP contribution in [0.15, 0.2) is 12.3 Å². The van der Waals surface area contributed by atoms with Crippen molar-refractivity contribution in [2.75, 3.05) is 0 Å². The van der Waals surface area contributed by atoms with E-state index in [1.165, 1.54) is 0 Å². The fourth-order valence-electron chi connectivity index (χ4n) is 1.76. The third-order valence-electron chi connectivity index (χ3n) is 2.45. The zero-order valence-electron chi connectivity index (χ0n) is 7.45. The van der Waals surface area contributed by atoms with Crippen LogP contribution in [0.4, 0.5) is 0 Å². The summed E-state index contributed by atoms with van der Waals surface area (Å²) in [6.07, 6.45) is 3.02. The lowest BCUT2D eigenvalue weighted by atomic mass is 10.1. The van der Waals surface area contributed by atoms with Gasteiger partial charge in [-0.2, -0.15) is 0 Å². The van der Waals surface area contributed by atoms with Crippen LogP contribution in [0.3, 0.4) is 0 Å². The second kappa shape index (κ2) is 2.83. The monoisotopic (exact) mass is 177 g/mol. The van der Waals surface area contributed by atoms with Gasteiger partial charge in [-0.3, -0.25) is 9.78 Å². The zero-order valence-corrected chi connectivity index (χ0v) is 7.45. The molecule has 2 rings (SSSR count). The number of carbonyl (C=O) groups is 1. The summed E-state index contributed by atoms with van der Waals surface area (Å²) >= 11 is 0. The Balaban J connectivity index is 2.30. The molecular weight excluding hydrogens is 166 g/mol. The third-order valence-corrected chi connectivity index (χ3v) is 2.45. The first-order chi connectivity index (χ1) is 6.16. The van der Waals surface area contributed by atoms with Crippen LogP contribution in [0, 0.1) is 12.8 Å². The summed E-state index contributed by atoms with van der Waals surface area (Å²) < 4.78 is 0. The van der Waals surface area contributed by atoms with E-state index in [1.807, 2.05) is 13.0 Å². The van der Waals surface area contributed by atoms with Gasteiger partial charge in [0.25, 0.3) is 0 Å². The molecule has 3 heteroatoms. The van der Waals surface area contributed by atoms with Crippen molar-refractivity contribution >= 4 is 5.97 Å². The molecule has 0 saturated carbocycles. The fraction of sp³-hybridized carbons (Fsp3) is 0.400. The maximum Gasteiger partial charge on any atom is 0.307 e. The molecule has 1 heterocycles. The first kappa shape index (κ1) is 8.23. The van der Waals surface area contributed by atoms with Gasteiger partial charge in [0.2, 0.25) is 0 Å². The van der Waals surface area contributed by atoms with Crippen molar-refractivity contribution in [1.29, 1.82) is 0 Å². The number of carboxylic acids is 1. The Bertz CT molecular complexity index is 360. The minimum atomic E-state index is -0.712. The van der Waals surface area contributed by atoms with E-state index in [0.717, 1.165) is 16.8 Å². The maximum atomic E-state index is 10.7. The molecule has 1 aromatic rings. The van der Waals surface area contributed by atoms with Crippen LogP contribution in [0.5, 0.6) is 0 Å². The van der Waals surface area contributed by atoms with Gasteiger partial charge >= 0.3 is 5.97 Å². The zero-order chi connectivity index (χ0) is 9.42. The van der Waals surface area contributed by atoms with Gasteiger partial charge in [-0.1, -0.05) is 6.07 Å². The largest absolute Gasteiger partial charge is 0.481 e. The van der Waals surface area contributed by atoms with Gasteiger partial charge in [0.05, 0.1) is 5.92 Å². The molecule has 0 aliphatic heterocycles. The summed E-state index contributed by atoms with van der Waals surface area (Å²) in [6.45, 7) is 1.97. The lowest BCUT2D eigenvalue weighted by Gasteiger charge is -1.98. The van der Waals surface area contributed by atoms with Crippen LogP contribution < -0.4 is 0 Å². The highest BCUT2D eigenvalue weighted by Crippen LogP contribution is 2.25. The predicted octanol–water partition coefficient (Wildman–Crippen LogP) is 1.19. The van der Waals surface area contributed by atoms with E-state index in [-0.39, 0.29) is 5.92 Å². The highest BCUT2D eigenvalue weighted by molar-refractivity contribution is 5.72. The van der Waals surface area contributed by atoms with E-state index in [0.29, 0.717) is 12.8 Å². The highest BCUT2D eigenvalue weighted by Gasteiger charge is 2.27. The molecule has 1 aromatic heterocycles. The lowest BCUT2D eigenvalue weighted by molar-refractivity contribution is -0.141. The molecular formula is C10H11NO2. The van der Waals surface area contributed by atoms with Crippen LogP contribution in [0.25, 0.3) is 0 Å². The highest BCUT2D eigenvalue weighted by atomic mass is 16.4. The molecule has 0 spiro atoms. The molecule has 1 N–H and O–H groups in total. The predicted molar refractivity (Wildman–Crippen MR) is 47.5 cm³/mol. The van der Waals surface area contributed by atoms with Crippen LogP contribution in [-0.4, -0.2) is 16.1 Å². The molecule has 0 amide bonds. The van der Waals surface area contributed by atoms with E-state index >= 15 is 0 Å². The number of aromatic nitrogens is 1. The van der Waals surface area contributed by atoms with E-state index in [2.05, 4.69) is 4.98 Å². The molecule has 68 valence electrons. The number of hydrogen-bond acceptors (Lipinski definition) is 2. The maximum absolute atomic E-state index is 10.7. The number of aryl methyl sites for hydroxylation is 1. The number of aliphatic carboxylic acids is 1. The van der Waals surface area contributed by atoms with Gasteiger partial charge < -0.3 is 5.11 Å². The summed E-state index contributed by atoms with van der Waals surface area (Å²) in [6, 6.07) is 2.03. The molecule has 1 unspecified atom stereocenters. The number of carboxylic acid groups (broad SMARTS) is 1. The molecule has 0 aromatic carbocycles. The fourth-order valence-corrected chi connectivity index (χ4v) is 1.76. The Morgan fingerprint density at radius 3 is 3.08 bits per heavy atom. The molecule has 1 aliphatic rings. The van der Waals surface area contributed by atoms with E-state index in [9.17, 15) is 4.79 Å². The van der Waals surface area contributed by atoms with Gasteiger partial charge in [0.15, 0.2) is 0 Å². The topological polar surface area (TPSA) is 50.2 Å². The van der Waals surface area contributed by atoms with E-state index in [1.54, 1.807) is 6.20 Å². The Labute approximate surface area is 76.4 Å². The average Bonchev–Trinajstić information content (AvgIpc) is 2.46. The minimum absolute atomic E-state index is 0.260. The molecule has 1 aliphatic carbocycles. The van der Waals surface area contributed by atoms with Crippen molar-refractivity contribution in [2.24, 2.45) is 5.92 Å². The molecule has 0 radical (unpaired) electrons.